The molecule has 0 aromatic heterocycles. The van der Waals surface area contributed by atoms with Crippen molar-refractivity contribution in [3.05, 3.63) is 35.9 Å². The zero-order valence-electron chi connectivity index (χ0n) is 14.7. The number of hydrogen-bond acceptors (Lipinski definition) is 2. The van der Waals surface area contributed by atoms with Gasteiger partial charge in [-0.3, -0.25) is 0 Å². The molecule has 0 heterocycles. The Balaban J connectivity index is 2.85. The molecule has 0 amide bonds. The summed E-state index contributed by atoms with van der Waals surface area (Å²) in [4.78, 5) is 2.63. The summed E-state index contributed by atoms with van der Waals surface area (Å²) in [6.45, 7) is 13.8. The van der Waals surface area contributed by atoms with Crippen molar-refractivity contribution >= 4 is 0 Å². The van der Waals surface area contributed by atoms with Crippen LogP contribution in [0.2, 0.25) is 0 Å². The first kappa shape index (κ1) is 18.2. The van der Waals surface area contributed by atoms with Crippen LogP contribution in [0.4, 0.5) is 0 Å². The smallest absolute Gasteiger partial charge is 0.0176 e. The number of benzene rings is 1. The predicted molar refractivity (Wildman–Crippen MR) is 93.9 cm³/mol. The molecule has 2 nitrogen and oxygen atoms in total. The van der Waals surface area contributed by atoms with E-state index in [4.69, 9.17) is 0 Å². The highest BCUT2D eigenvalue weighted by molar-refractivity contribution is 5.25. The molecule has 1 rings (SSSR count). The van der Waals surface area contributed by atoms with Crippen LogP contribution in [0.25, 0.3) is 0 Å². The van der Waals surface area contributed by atoms with Gasteiger partial charge in [0.1, 0.15) is 0 Å². The van der Waals surface area contributed by atoms with Crippen molar-refractivity contribution < 1.29 is 0 Å². The topological polar surface area (TPSA) is 15.3 Å². The van der Waals surface area contributed by atoms with E-state index in [-0.39, 0.29) is 5.41 Å². The fraction of sp³-hybridized carbons (Fsp3) is 0.684. The molecule has 120 valence electrons. The third-order valence-corrected chi connectivity index (χ3v) is 4.73. The Kier molecular flexibility index (Phi) is 7.98. The van der Waals surface area contributed by atoms with Crippen molar-refractivity contribution in [1.82, 2.24) is 10.2 Å². The van der Waals surface area contributed by atoms with Crippen LogP contribution in [-0.4, -0.2) is 38.1 Å². The van der Waals surface area contributed by atoms with E-state index in [1.807, 2.05) is 0 Å². The molecule has 0 spiro atoms. The van der Waals surface area contributed by atoms with E-state index >= 15 is 0 Å². The van der Waals surface area contributed by atoms with Crippen LogP contribution in [0.5, 0.6) is 0 Å². The second kappa shape index (κ2) is 9.22. The second-order valence-corrected chi connectivity index (χ2v) is 6.47. The third-order valence-electron chi connectivity index (χ3n) is 4.73. The van der Waals surface area contributed by atoms with Crippen molar-refractivity contribution in [2.45, 2.75) is 46.0 Å². The van der Waals surface area contributed by atoms with Gasteiger partial charge in [0.15, 0.2) is 0 Å². The first-order chi connectivity index (χ1) is 10.1. The van der Waals surface area contributed by atoms with Gasteiger partial charge in [-0.2, -0.15) is 0 Å². The maximum Gasteiger partial charge on any atom is 0.0176 e. The van der Waals surface area contributed by atoms with Crippen LogP contribution in [0.1, 0.15) is 46.1 Å². The standard InChI is InChI=1S/C19H34N2/c1-6-17(7-2)14-21(8-3)16-19(4,15-20-5)18-12-10-9-11-13-18/h9-13,17,20H,6-8,14-16H2,1-5H3. The number of nitrogens with one attached hydrogen (secondary N) is 1. The highest BCUT2D eigenvalue weighted by Crippen LogP contribution is 2.25. The Bertz CT molecular complexity index is 372. The lowest BCUT2D eigenvalue weighted by Crippen LogP contribution is -2.46. The molecule has 0 aliphatic heterocycles. The lowest BCUT2D eigenvalue weighted by atomic mass is 9.81. The normalized spacial score (nSPS) is 14.6. The number of rotatable bonds is 10. The van der Waals surface area contributed by atoms with E-state index in [9.17, 15) is 0 Å². The van der Waals surface area contributed by atoms with Crippen molar-refractivity contribution in [2.75, 3.05) is 33.2 Å². The summed E-state index contributed by atoms with van der Waals surface area (Å²) in [6, 6.07) is 10.9. The minimum Gasteiger partial charge on any atom is -0.319 e. The summed E-state index contributed by atoms with van der Waals surface area (Å²) in [5.41, 5.74) is 1.60. The Labute approximate surface area is 131 Å². The van der Waals surface area contributed by atoms with Gasteiger partial charge in [-0.1, -0.05) is 70.9 Å². The molecule has 1 aromatic carbocycles. The first-order valence-corrected chi connectivity index (χ1v) is 8.52. The summed E-state index contributed by atoms with van der Waals surface area (Å²) < 4.78 is 0. The van der Waals surface area contributed by atoms with Gasteiger partial charge in [-0.25, -0.2) is 0 Å². The van der Waals surface area contributed by atoms with E-state index < -0.39 is 0 Å². The molecule has 0 saturated heterocycles. The molecule has 1 atom stereocenters. The Morgan fingerprint density at radius 3 is 2.19 bits per heavy atom. The number of nitrogens with zero attached hydrogens (tertiary/aromatic N) is 1. The number of likely N-dealkylation sites (N-methyl/N-ethyl adjacent to an activating group) is 2. The molecule has 0 aliphatic carbocycles. The number of hydrogen-bond donors (Lipinski definition) is 1. The zero-order chi connectivity index (χ0) is 15.7. The van der Waals surface area contributed by atoms with Gasteiger partial charge in [-0.15, -0.1) is 0 Å². The minimum absolute atomic E-state index is 0.165. The van der Waals surface area contributed by atoms with Gasteiger partial charge in [0.25, 0.3) is 0 Å². The Hall–Kier alpha value is -0.860. The molecule has 0 fully saturated rings. The van der Waals surface area contributed by atoms with Gasteiger partial charge in [0, 0.05) is 25.0 Å². The lowest BCUT2D eigenvalue weighted by Gasteiger charge is -2.37. The molecule has 1 unspecified atom stereocenters. The molecule has 0 aliphatic rings. The van der Waals surface area contributed by atoms with Crippen molar-refractivity contribution in [3.8, 4) is 0 Å². The van der Waals surface area contributed by atoms with Gasteiger partial charge in [0.2, 0.25) is 0 Å². The van der Waals surface area contributed by atoms with Crippen molar-refractivity contribution in [1.29, 1.82) is 0 Å². The SMILES string of the molecule is CCC(CC)CN(CC)CC(C)(CNC)c1ccccc1. The summed E-state index contributed by atoms with van der Waals surface area (Å²) in [5.74, 6) is 0.819. The summed E-state index contributed by atoms with van der Waals surface area (Å²) in [7, 11) is 2.05. The van der Waals surface area contributed by atoms with E-state index in [0.29, 0.717) is 0 Å². The third kappa shape index (κ3) is 5.44. The summed E-state index contributed by atoms with van der Waals surface area (Å²) in [6.07, 6.45) is 2.56. The Morgan fingerprint density at radius 2 is 1.71 bits per heavy atom. The van der Waals surface area contributed by atoms with Crippen LogP contribution in [0, 0.1) is 5.92 Å². The van der Waals surface area contributed by atoms with E-state index in [1.54, 1.807) is 0 Å². The van der Waals surface area contributed by atoms with Gasteiger partial charge >= 0.3 is 0 Å². The first-order valence-electron chi connectivity index (χ1n) is 8.52. The maximum absolute atomic E-state index is 3.39. The summed E-state index contributed by atoms with van der Waals surface area (Å²) >= 11 is 0. The molecule has 2 heteroatoms. The fourth-order valence-corrected chi connectivity index (χ4v) is 3.19. The average molecular weight is 290 g/mol. The lowest BCUT2D eigenvalue weighted by molar-refractivity contribution is 0.187. The van der Waals surface area contributed by atoms with Crippen molar-refractivity contribution in [2.24, 2.45) is 5.92 Å². The fourth-order valence-electron chi connectivity index (χ4n) is 3.19. The van der Waals surface area contributed by atoms with Gasteiger partial charge in [0.05, 0.1) is 0 Å². The molecule has 0 saturated carbocycles. The van der Waals surface area contributed by atoms with E-state index in [2.05, 4.69) is 75.3 Å². The zero-order valence-corrected chi connectivity index (χ0v) is 14.7. The Morgan fingerprint density at radius 1 is 1.10 bits per heavy atom. The maximum atomic E-state index is 3.39. The highest BCUT2D eigenvalue weighted by atomic mass is 15.1. The van der Waals surface area contributed by atoms with Gasteiger partial charge < -0.3 is 10.2 Å². The summed E-state index contributed by atoms with van der Waals surface area (Å²) in [5, 5.41) is 3.39. The quantitative estimate of drug-likeness (QED) is 0.702. The highest BCUT2D eigenvalue weighted by Gasteiger charge is 2.28. The molecular weight excluding hydrogens is 256 g/mol. The predicted octanol–water partition coefficient (Wildman–Crippen LogP) is 3.92. The average Bonchev–Trinajstić information content (AvgIpc) is 2.52. The second-order valence-electron chi connectivity index (χ2n) is 6.47. The molecular formula is C19H34N2. The van der Waals surface area contributed by atoms with Crippen LogP contribution in [-0.2, 0) is 5.41 Å². The van der Waals surface area contributed by atoms with Crippen molar-refractivity contribution in [3.63, 3.8) is 0 Å². The van der Waals surface area contributed by atoms with Gasteiger partial charge in [-0.05, 0) is 25.1 Å². The molecule has 0 radical (unpaired) electrons. The molecule has 1 N–H and O–H groups in total. The van der Waals surface area contributed by atoms with Crippen LogP contribution >= 0.6 is 0 Å². The van der Waals surface area contributed by atoms with Crippen LogP contribution in [0.3, 0.4) is 0 Å². The van der Waals surface area contributed by atoms with Crippen LogP contribution < -0.4 is 5.32 Å². The van der Waals surface area contributed by atoms with E-state index in [0.717, 1.165) is 25.6 Å². The van der Waals surface area contributed by atoms with Crippen LogP contribution in [0.15, 0.2) is 30.3 Å². The minimum atomic E-state index is 0.165. The largest absolute Gasteiger partial charge is 0.319 e. The molecule has 21 heavy (non-hydrogen) atoms. The molecule has 1 aromatic rings. The van der Waals surface area contributed by atoms with E-state index in [1.165, 1.54) is 24.9 Å². The molecule has 0 bridgehead atoms. The monoisotopic (exact) mass is 290 g/mol.